The number of ether oxygens (including phenoxy) is 1. The topological polar surface area (TPSA) is 44.1 Å². The summed E-state index contributed by atoms with van der Waals surface area (Å²) in [7, 11) is 0. The first-order valence-corrected chi connectivity index (χ1v) is 6.41. The van der Waals surface area contributed by atoms with Gasteiger partial charge in [-0.1, -0.05) is 17.7 Å². The molecule has 0 unspecified atom stereocenters. The van der Waals surface area contributed by atoms with Gasteiger partial charge in [0.1, 0.15) is 5.56 Å². The fraction of sp³-hybridized carbons (Fsp3) is 0.286. The van der Waals surface area contributed by atoms with Crippen LogP contribution in [0.3, 0.4) is 0 Å². The first-order valence-electron chi connectivity index (χ1n) is 6.04. The van der Waals surface area contributed by atoms with E-state index >= 15 is 0 Å². The highest BCUT2D eigenvalue weighted by molar-refractivity contribution is 6.30. The summed E-state index contributed by atoms with van der Waals surface area (Å²) in [6, 6.07) is 7.33. The van der Waals surface area contributed by atoms with Crippen LogP contribution < -0.4 is 0 Å². The molecule has 1 heterocycles. The fourth-order valence-corrected chi connectivity index (χ4v) is 2.19. The summed E-state index contributed by atoms with van der Waals surface area (Å²) in [6.07, 6.45) is 0. The molecule has 0 bridgehead atoms. The summed E-state index contributed by atoms with van der Waals surface area (Å²) in [5.41, 5.74) is 2.74. The monoisotopic (exact) mass is 278 g/mol. The van der Waals surface area contributed by atoms with Crippen molar-refractivity contribution in [3.8, 4) is 5.69 Å². The Morgan fingerprint density at radius 2 is 2.16 bits per heavy atom. The predicted molar refractivity (Wildman–Crippen MR) is 74.0 cm³/mol. The maximum atomic E-state index is 11.9. The number of benzene rings is 1. The van der Waals surface area contributed by atoms with Crippen molar-refractivity contribution in [2.24, 2.45) is 0 Å². The van der Waals surface area contributed by atoms with Crippen LogP contribution >= 0.6 is 11.6 Å². The van der Waals surface area contributed by atoms with E-state index in [0.29, 0.717) is 22.9 Å². The van der Waals surface area contributed by atoms with Crippen molar-refractivity contribution in [2.45, 2.75) is 20.8 Å². The molecule has 1 aromatic heterocycles. The number of aromatic nitrogens is 2. The van der Waals surface area contributed by atoms with E-state index in [-0.39, 0.29) is 5.97 Å². The SMILES string of the molecule is CCOC(=O)c1c(C)nn(-c2cccc(Cl)c2)c1C. The molecule has 4 nitrogen and oxygen atoms in total. The molecule has 100 valence electrons. The molecule has 2 aromatic rings. The van der Waals surface area contributed by atoms with Crippen LogP contribution in [0.4, 0.5) is 0 Å². The smallest absolute Gasteiger partial charge is 0.341 e. The van der Waals surface area contributed by atoms with Gasteiger partial charge in [0, 0.05) is 5.02 Å². The normalized spacial score (nSPS) is 10.5. The van der Waals surface area contributed by atoms with Crippen LogP contribution in [0.5, 0.6) is 0 Å². The lowest BCUT2D eigenvalue weighted by Gasteiger charge is -2.05. The van der Waals surface area contributed by atoms with Crippen LogP contribution in [0.1, 0.15) is 28.7 Å². The molecule has 0 fully saturated rings. The average molecular weight is 279 g/mol. The van der Waals surface area contributed by atoms with Gasteiger partial charge < -0.3 is 4.74 Å². The molecule has 0 radical (unpaired) electrons. The number of hydrogen-bond acceptors (Lipinski definition) is 3. The summed E-state index contributed by atoms with van der Waals surface area (Å²) < 4.78 is 6.75. The molecule has 0 atom stereocenters. The van der Waals surface area contributed by atoms with Crippen LogP contribution in [-0.4, -0.2) is 22.4 Å². The van der Waals surface area contributed by atoms with Crippen molar-refractivity contribution in [1.82, 2.24) is 9.78 Å². The number of carbonyl (C=O) groups excluding carboxylic acids is 1. The zero-order chi connectivity index (χ0) is 14.0. The number of hydrogen-bond donors (Lipinski definition) is 0. The summed E-state index contributed by atoms with van der Waals surface area (Å²) >= 11 is 5.97. The Hall–Kier alpha value is -1.81. The molecule has 0 saturated carbocycles. The summed E-state index contributed by atoms with van der Waals surface area (Å²) in [5, 5.41) is 5.01. The second kappa shape index (κ2) is 5.45. The van der Waals surface area contributed by atoms with Crippen molar-refractivity contribution in [3.05, 3.63) is 46.2 Å². The molecule has 0 aliphatic carbocycles. The second-order valence-electron chi connectivity index (χ2n) is 4.16. The molecule has 19 heavy (non-hydrogen) atoms. The lowest BCUT2D eigenvalue weighted by Crippen LogP contribution is -2.07. The van der Waals surface area contributed by atoms with E-state index in [1.54, 1.807) is 30.7 Å². The molecule has 0 saturated heterocycles. The maximum Gasteiger partial charge on any atom is 0.341 e. The van der Waals surface area contributed by atoms with Crippen LogP contribution in [0.15, 0.2) is 24.3 Å². The Bertz CT molecular complexity index is 620. The van der Waals surface area contributed by atoms with Crippen molar-refractivity contribution < 1.29 is 9.53 Å². The van der Waals surface area contributed by atoms with Gasteiger partial charge in [-0.15, -0.1) is 0 Å². The van der Waals surface area contributed by atoms with Gasteiger partial charge in [0.05, 0.1) is 23.7 Å². The summed E-state index contributed by atoms with van der Waals surface area (Å²) in [6.45, 7) is 5.76. The molecule has 5 heteroatoms. The second-order valence-corrected chi connectivity index (χ2v) is 4.59. The van der Waals surface area contributed by atoms with Gasteiger partial charge in [-0.05, 0) is 39.0 Å². The van der Waals surface area contributed by atoms with Gasteiger partial charge in [-0.25, -0.2) is 9.48 Å². The van der Waals surface area contributed by atoms with E-state index in [2.05, 4.69) is 5.10 Å². The average Bonchev–Trinajstić information content (AvgIpc) is 2.65. The predicted octanol–water partition coefficient (Wildman–Crippen LogP) is 3.32. The van der Waals surface area contributed by atoms with E-state index in [4.69, 9.17) is 16.3 Å². The van der Waals surface area contributed by atoms with Crippen molar-refractivity contribution in [3.63, 3.8) is 0 Å². The largest absolute Gasteiger partial charge is 0.462 e. The number of nitrogens with zero attached hydrogens (tertiary/aromatic N) is 2. The van der Waals surface area contributed by atoms with E-state index in [0.717, 1.165) is 11.4 Å². The lowest BCUT2D eigenvalue weighted by molar-refractivity contribution is 0.0524. The Morgan fingerprint density at radius 1 is 1.42 bits per heavy atom. The summed E-state index contributed by atoms with van der Waals surface area (Å²) in [5.74, 6) is -0.342. The lowest BCUT2D eigenvalue weighted by atomic mass is 10.2. The number of aryl methyl sites for hydroxylation is 1. The highest BCUT2D eigenvalue weighted by Gasteiger charge is 2.20. The van der Waals surface area contributed by atoms with E-state index < -0.39 is 0 Å². The van der Waals surface area contributed by atoms with E-state index in [9.17, 15) is 4.79 Å². The number of halogens is 1. The minimum Gasteiger partial charge on any atom is -0.462 e. The molecule has 0 amide bonds. The zero-order valence-corrected chi connectivity index (χ0v) is 11.9. The highest BCUT2D eigenvalue weighted by Crippen LogP contribution is 2.20. The molecule has 0 aliphatic heterocycles. The number of esters is 1. The Balaban J connectivity index is 2.50. The van der Waals surface area contributed by atoms with Gasteiger partial charge in [0.15, 0.2) is 0 Å². The quantitative estimate of drug-likeness (QED) is 0.809. The number of carbonyl (C=O) groups is 1. The molecule has 0 spiro atoms. The molecule has 0 N–H and O–H groups in total. The van der Waals surface area contributed by atoms with Crippen molar-refractivity contribution in [2.75, 3.05) is 6.61 Å². The molecular formula is C14H15ClN2O2. The fourth-order valence-electron chi connectivity index (χ4n) is 2.00. The maximum absolute atomic E-state index is 11.9. The first kappa shape index (κ1) is 13.6. The van der Waals surface area contributed by atoms with Crippen LogP contribution in [0, 0.1) is 13.8 Å². The Labute approximate surface area is 116 Å². The highest BCUT2D eigenvalue weighted by atomic mass is 35.5. The van der Waals surface area contributed by atoms with Gasteiger partial charge in [0.25, 0.3) is 0 Å². The third-order valence-corrected chi connectivity index (χ3v) is 3.06. The first-order chi connectivity index (χ1) is 9.04. The van der Waals surface area contributed by atoms with Gasteiger partial charge >= 0.3 is 5.97 Å². The minimum absolute atomic E-state index is 0.342. The standard InChI is InChI=1S/C14H15ClN2O2/c1-4-19-14(18)13-9(2)16-17(10(13)3)12-7-5-6-11(15)8-12/h5-8H,4H2,1-3H3. The van der Waals surface area contributed by atoms with E-state index in [1.807, 2.05) is 19.1 Å². The van der Waals surface area contributed by atoms with Crippen LogP contribution in [0.2, 0.25) is 5.02 Å². The minimum atomic E-state index is -0.342. The molecular weight excluding hydrogens is 264 g/mol. The van der Waals surface area contributed by atoms with Crippen molar-refractivity contribution in [1.29, 1.82) is 0 Å². The van der Waals surface area contributed by atoms with Gasteiger partial charge in [0.2, 0.25) is 0 Å². The third kappa shape index (κ3) is 2.63. The number of rotatable bonds is 3. The Kier molecular flexibility index (Phi) is 3.90. The van der Waals surface area contributed by atoms with Gasteiger partial charge in [-0.2, -0.15) is 5.10 Å². The molecule has 1 aromatic carbocycles. The van der Waals surface area contributed by atoms with E-state index in [1.165, 1.54) is 0 Å². The third-order valence-electron chi connectivity index (χ3n) is 2.82. The van der Waals surface area contributed by atoms with Crippen molar-refractivity contribution >= 4 is 17.6 Å². The Morgan fingerprint density at radius 3 is 2.79 bits per heavy atom. The van der Waals surface area contributed by atoms with Crippen LogP contribution in [-0.2, 0) is 4.74 Å². The van der Waals surface area contributed by atoms with Crippen LogP contribution in [0.25, 0.3) is 5.69 Å². The summed E-state index contributed by atoms with van der Waals surface area (Å²) in [4.78, 5) is 11.9. The molecule has 0 aliphatic rings. The molecule has 2 rings (SSSR count). The zero-order valence-electron chi connectivity index (χ0n) is 11.1. The van der Waals surface area contributed by atoms with Gasteiger partial charge in [-0.3, -0.25) is 0 Å².